The van der Waals surface area contributed by atoms with Crippen LogP contribution in [-0.2, 0) is 26.2 Å². The van der Waals surface area contributed by atoms with Gasteiger partial charge in [-0.25, -0.2) is 8.42 Å². The van der Waals surface area contributed by atoms with Crippen molar-refractivity contribution in [1.29, 1.82) is 0 Å². The van der Waals surface area contributed by atoms with E-state index in [1.165, 1.54) is 17.0 Å². The van der Waals surface area contributed by atoms with Crippen molar-refractivity contribution in [2.24, 2.45) is 0 Å². The van der Waals surface area contributed by atoms with Gasteiger partial charge in [-0.2, -0.15) is 0 Å². The molecule has 1 unspecified atom stereocenters. The number of nitrogens with zero attached hydrogens (tertiary/aromatic N) is 2. The van der Waals surface area contributed by atoms with Gasteiger partial charge in [-0.15, -0.1) is 0 Å². The van der Waals surface area contributed by atoms with E-state index in [2.05, 4.69) is 5.32 Å². The Morgan fingerprint density at radius 2 is 1.57 bits per heavy atom. The lowest BCUT2D eigenvalue weighted by molar-refractivity contribution is -0.140. The SMILES string of the molecule is CCOc1ccccc1N(CC(=O)N(Cc1ccc(C)cc1)C(CC)C(=O)NC1CCCC1)S(=O)(=O)c1ccccc1. The lowest BCUT2D eigenvalue weighted by atomic mass is 10.1. The quantitative estimate of drug-likeness (QED) is 0.285. The maximum atomic E-state index is 14.3. The summed E-state index contributed by atoms with van der Waals surface area (Å²) < 4.78 is 35.0. The number of aryl methyl sites for hydroxylation is 1. The van der Waals surface area contributed by atoms with E-state index in [1.807, 2.05) is 45.0 Å². The first-order valence-corrected chi connectivity index (χ1v) is 16.1. The molecule has 3 aromatic rings. The van der Waals surface area contributed by atoms with E-state index in [4.69, 9.17) is 4.74 Å². The monoisotopic (exact) mass is 591 g/mol. The van der Waals surface area contributed by atoms with Crippen LogP contribution in [0.5, 0.6) is 5.75 Å². The number of para-hydroxylation sites is 2. The van der Waals surface area contributed by atoms with Gasteiger partial charge in [0.1, 0.15) is 18.3 Å². The minimum atomic E-state index is -4.17. The van der Waals surface area contributed by atoms with E-state index in [0.29, 0.717) is 18.8 Å². The van der Waals surface area contributed by atoms with E-state index < -0.39 is 28.5 Å². The molecule has 8 nitrogen and oxygen atoms in total. The van der Waals surface area contributed by atoms with Gasteiger partial charge >= 0.3 is 0 Å². The van der Waals surface area contributed by atoms with Gasteiger partial charge in [-0.1, -0.05) is 79.9 Å². The summed E-state index contributed by atoms with van der Waals surface area (Å²) >= 11 is 0. The normalized spacial score (nSPS) is 14.3. The molecule has 4 rings (SSSR count). The Hall–Kier alpha value is -3.85. The number of hydrogen-bond donors (Lipinski definition) is 1. The standard InChI is InChI=1S/C33H41N3O5S/c1-4-29(33(38)34-27-13-9-10-14-27)35(23-26-21-19-25(3)20-22-26)32(37)24-36(30-17-11-12-18-31(30)41-5-2)42(39,40)28-15-7-6-8-16-28/h6-8,11-12,15-22,27,29H,4-5,9-10,13-14,23-24H2,1-3H3,(H,34,38). The summed E-state index contributed by atoms with van der Waals surface area (Å²) in [7, 11) is -4.17. The molecule has 0 heterocycles. The molecular weight excluding hydrogens is 550 g/mol. The van der Waals surface area contributed by atoms with Gasteiger partial charge in [0.15, 0.2) is 0 Å². The molecule has 1 N–H and O–H groups in total. The second kappa shape index (κ2) is 14.4. The number of carbonyl (C=O) groups is 2. The molecule has 0 aliphatic heterocycles. The number of benzene rings is 3. The van der Waals surface area contributed by atoms with Crippen molar-refractivity contribution in [3.05, 3.63) is 90.0 Å². The Labute approximate surface area is 249 Å². The highest BCUT2D eigenvalue weighted by Crippen LogP contribution is 2.33. The van der Waals surface area contributed by atoms with E-state index in [9.17, 15) is 18.0 Å². The summed E-state index contributed by atoms with van der Waals surface area (Å²) in [4.78, 5) is 29.4. The number of carbonyl (C=O) groups excluding carboxylic acids is 2. The Morgan fingerprint density at radius 1 is 0.929 bits per heavy atom. The molecule has 9 heteroatoms. The Balaban J connectivity index is 1.74. The topological polar surface area (TPSA) is 96.0 Å². The van der Waals surface area contributed by atoms with Gasteiger partial charge < -0.3 is 15.0 Å². The smallest absolute Gasteiger partial charge is 0.264 e. The van der Waals surface area contributed by atoms with Gasteiger partial charge in [0.2, 0.25) is 11.8 Å². The zero-order valence-corrected chi connectivity index (χ0v) is 25.5. The molecule has 0 saturated heterocycles. The van der Waals surface area contributed by atoms with Crippen LogP contribution in [0.1, 0.15) is 57.1 Å². The van der Waals surface area contributed by atoms with Crippen LogP contribution in [0.25, 0.3) is 0 Å². The minimum Gasteiger partial charge on any atom is -0.492 e. The second-order valence-corrected chi connectivity index (χ2v) is 12.5. The minimum absolute atomic E-state index is 0.0557. The van der Waals surface area contributed by atoms with Crippen molar-refractivity contribution in [2.75, 3.05) is 17.5 Å². The summed E-state index contributed by atoms with van der Waals surface area (Å²) in [6, 6.07) is 21.9. The highest BCUT2D eigenvalue weighted by molar-refractivity contribution is 7.92. The average Bonchev–Trinajstić information content (AvgIpc) is 3.50. The molecule has 224 valence electrons. The summed E-state index contributed by atoms with van der Waals surface area (Å²) in [5.41, 5.74) is 2.19. The summed E-state index contributed by atoms with van der Waals surface area (Å²) in [5, 5.41) is 3.14. The third kappa shape index (κ3) is 7.50. The second-order valence-electron chi connectivity index (χ2n) is 10.6. The maximum absolute atomic E-state index is 14.3. The Morgan fingerprint density at radius 3 is 2.21 bits per heavy atom. The lowest BCUT2D eigenvalue weighted by Crippen LogP contribution is -2.53. The summed E-state index contributed by atoms with van der Waals surface area (Å²) in [6.45, 7) is 5.66. The van der Waals surface area contributed by atoms with Crippen LogP contribution in [0.2, 0.25) is 0 Å². The molecular formula is C33H41N3O5S. The number of ether oxygens (including phenoxy) is 1. The lowest BCUT2D eigenvalue weighted by Gasteiger charge is -2.34. The molecule has 1 atom stereocenters. The molecule has 0 spiro atoms. The van der Waals surface area contributed by atoms with Gasteiger partial charge in [0, 0.05) is 12.6 Å². The van der Waals surface area contributed by atoms with Crippen LogP contribution >= 0.6 is 0 Å². The van der Waals surface area contributed by atoms with Crippen molar-refractivity contribution in [1.82, 2.24) is 10.2 Å². The number of sulfonamides is 1. The molecule has 1 fully saturated rings. The Kier molecular flexibility index (Phi) is 10.6. The maximum Gasteiger partial charge on any atom is 0.264 e. The third-order valence-corrected chi connectivity index (χ3v) is 9.38. The van der Waals surface area contributed by atoms with Gasteiger partial charge in [-0.3, -0.25) is 13.9 Å². The van der Waals surface area contributed by atoms with Crippen molar-refractivity contribution >= 4 is 27.5 Å². The largest absolute Gasteiger partial charge is 0.492 e. The molecule has 42 heavy (non-hydrogen) atoms. The predicted octanol–water partition coefficient (Wildman–Crippen LogP) is 5.46. The van der Waals surface area contributed by atoms with Crippen LogP contribution < -0.4 is 14.4 Å². The number of anilines is 1. The molecule has 1 saturated carbocycles. The summed E-state index contributed by atoms with van der Waals surface area (Å²) in [6.07, 6.45) is 4.37. The molecule has 3 aromatic carbocycles. The van der Waals surface area contributed by atoms with Crippen LogP contribution in [0, 0.1) is 6.92 Å². The molecule has 0 bridgehead atoms. The van der Waals surface area contributed by atoms with Crippen molar-refractivity contribution < 1.29 is 22.7 Å². The van der Waals surface area contributed by atoms with Crippen LogP contribution in [0.15, 0.2) is 83.8 Å². The first kappa shape index (κ1) is 31.1. The third-order valence-electron chi connectivity index (χ3n) is 7.60. The fraction of sp³-hybridized carbons (Fsp3) is 0.394. The molecule has 1 aliphatic carbocycles. The average molecular weight is 592 g/mol. The van der Waals surface area contributed by atoms with Crippen molar-refractivity contribution in [3.8, 4) is 5.75 Å². The number of nitrogens with one attached hydrogen (secondary N) is 1. The van der Waals surface area contributed by atoms with Crippen LogP contribution in [0.3, 0.4) is 0 Å². The fourth-order valence-corrected chi connectivity index (χ4v) is 6.80. The summed E-state index contributed by atoms with van der Waals surface area (Å²) in [5.74, 6) is -0.338. The van der Waals surface area contributed by atoms with Crippen molar-refractivity contribution in [3.63, 3.8) is 0 Å². The fourth-order valence-electron chi connectivity index (χ4n) is 5.35. The predicted molar refractivity (Wildman–Crippen MR) is 165 cm³/mol. The molecule has 0 radical (unpaired) electrons. The molecule has 1 aliphatic rings. The highest BCUT2D eigenvalue weighted by Gasteiger charge is 2.35. The number of hydrogen-bond acceptors (Lipinski definition) is 5. The zero-order valence-electron chi connectivity index (χ0n) is 24.7. The first-order chi connectivity index (χ1) is 20.2. The zero-order chi connectivity index (χ0) is 30.1. The van der Waals surface area contributed by atoms with Crippen LogP contribution in [-0.4, -0.2) is 50.4 Å². The molecule has 0 aromatic heterocycles. The van der Waals surface area contributed by atoms with Gasteiger partial charge in [0.05, 0.1) is 17.2 Å². The van der Waals surface area contributed by atoms with Crippen molar-refractivity contribution in [2.45, 2.75) is 76.4 Å². The number of amides is 2. The van der Waals surface area contributed by atoms with Crippen LogP contribution in [0.4, 0.5) is 5.69 Å². The Bertz CT molecular complexity index is 1440. The van der Waals surface area contributed by atoms with E-state index in [-0.39, 0.29) is 29.1 Å². The van der Waals surface area contributed by atoms with Gasteiger partial charge in [0.25, 0.3) is 10.0 Å². The van der Waals surface area contributed by atoms with E-state index in [1.54, 1.807) is 42.5 Å². The van der Waals surface area contributed by atoms with E-state index in [0.717, 1.165) is 41.1 Å². The molecule has 2 amide bonds. The first-order valence-electron chi connectivity index (χ1n) is 14.7. The highest BCUT2D eigenvalue weighted by atomic mass is 32.2. The number of rotatable bonds is 13. The van der Waals surface area contributed by atoms with Gasteiger partial charge in [-0.05, 0) is 62.9 Å². The van der Waals surface area contributed by atoms with E-state index >= 15 is 0 Å².